The zero-order valence-corrected chi connectivity index (χ0v) is 22.4. The molecule has 0 radical (unpaired) electrons. The minimum Gasteiger partial charge on any atom is -0.474 e. The molecule has 9 nitrogen and oxygen atoms in total. The number of amides is 2. The third-order valence-corrected chi connectivity index (χ3v) is 8.42. The quantitative estimate of drug-likeness (QED) is 0.526. The average Bonchev–Trinajstić information content (AvgIpc) is 3.25. The van der Waals surface area contributed by atoms with Gasteiger partial charge in [-0.2, -0.15) is 5.10 Å². The first-order chi connectivity index (χ1) is 18.7. The van der Waals surface area contributed by atoms with E-state index in [9.17, 15) is 18.4 Å². The van der Waals surface area contributed by atoms with Crippen LogP contribution in [0.5, 0.6) is 5.88 Å². The van der Waals surface area contributed by atoms with Gasteiger partial charge in [0.15, 0.2) is 5.69 Å². The van der Waals surface area contributed by atoms with Crippen LogP contribution in [0.15, 0.2) is 18.3 Å². The Hall–Kier alpha value is -3.24. The van der Waals surface area contributed by atoms with Gasteiger partial charge in [0.25, 0.3) is 11.8 Å². The van der Waals surface area contributed by atoms with E-state index in [0.717, 1.165) is 43.4 Å². The predicted octanol–water partition coefficient (Wildman–Crippen LogP) is 4.61. The molecule has 0 spiro atoms. The van der Waals surface area contributed by atoms with Gasteiger partial charge in [-0.25, -0.2) is 18.6 Å². The van der Waals surface area contributed by atoms with Crippen molar-refractivity contribution in [1.29, 1.82) is 0 Å². The molecule has 2 fully saturated rings. The van der Waals surface area contributed by atoms with Crippen LogP contribution in [-0.2, 0) is 19.4 Å². The molecule has 212 valence electrons. The molecule has 3 aliphatic rings. The molecule has 0 atom stereocenters. The number of aryl methyl sites for hydroxylation is 2. The number of hydrogen-bond donors (Lipinski definition) is 2. The lowest BCUT2D eigenvalue weighted by molar-refractivity contribution is -0.0130. The number of pyridine rings is 1. The highest BCUT2D eigenvalue weighted by molar-refractivity contribution is 5.94. The summed E-state index contributed by atoms with van der Waals surface area (Å²) in [7, 11) is 0. The molecule has 2 aromatic heterocycles. The summed E-state index contributed by atoms with van der Waals surface area (Å²) in [6.07, 6.45) is 6.09. The highest BCUT2D eigenvalue weighted by atomic mass is 19.3. The zero-order valence-electron chi connectivity index (χ0n) is 22.4. The Morgan fingerprint density at radius 1 is 1.18 bits per heavy atom. The summed E-state index contributed by atoms with van der Waals surface area (Å²) in [5.74, 6) is -2.00. The highest BCUT2D eigenvalue weighted by Gasteiger charge is 2.40. The number of likely N-dealkylation sites (tertiary alicyclic amines) is 1. The number of rotatable bonds is 7. The summed E-state index contributed by atoms with van der Waals surface area (Å²) >= 11 is 0. The van der Waals surface area contributed by atoms with E-state index >= 15 is 0 Å². The Morgan fingerprint density at radius 3 is 2.62 bits per heavy atom. The number of aromatic nitrogens is 3. The van der Waals surface area contributed by atoms with Crippen molar-refractivity contribution in [3.8, 4) is 5.88 Å². The lowest BCUT2D eigenvalue weighted by Crippen LogP contribution is -2.46. The van der Waals surface area contributed by atoms with Crippen molar-refractivity contribution in [2.24, 2.45) is 5.92 Å². The van der Waals surface area contributed by atoms with Crippen LogP contribution in [-0.4, -0.2) is 67.9 Å². The SMILES string of the molecule is Cc1cccnc1OC1CCC(CCn2nc(C(=O)N3CCC(NC(=O)O)CC3)c3c2CCC(F)(F)C3)CC1. The van der Waals surface area contributed by atoms with Crippen molar-refractivity contribution >= 4 is 12.0 Å². The molecule has 2 aromatic rings. The van der Waals surface area contributed by atoms with Crippen LogP contribution < -0.4 is 10.1 Å². The smallest absolute Gasteiger partial charge is 0.404 e. The second-order valence-electron chi connectivity index (χ2n) is 11.2. The Kier molecular flexibility index (Phi) is 8.04. The van der Waals surface area contributed by atoms with Crippen LogP contribution in [0.25, 0.3) is 0 Å². The predicted molar refractivity (Wildman–Crippen MR) is 139 cm³/mol. The first kappa shape index (κ1) is 27.3. The van der Waals surface area contributed by atoms with Gasteiger partial charge >= 0.3 is 6.09 Å². The van der Waals surface area contributed by atoms with Crippen molar-refractivity contribution in [1.82, 2.24) is 25.0 Å². The number of halogens is 2. The molecule has 5 rings (SSSR count). The maximum atomic E-state index is 14.4. The summed E-state index contributed by atoms with van der Waals surface area (Å²) in [5, 5.41) is 16.0. The van der Waals surface area contributed by atoms with Gasteiger partial charge in [0.05, 0.1) is 0 Å². The topological polar surface area (TPSA) is 110 Å². The third-order valence-electron chi connectivity index (χ3n) is 8.42. The fraction of sp³-hybridized carbons (Fsp3) is 0.643. The summed E-state index contributed by atoms with van der Waals surface area (Å²) in [6, 6.07) is 3.68. The maximum absolute atomic E-state index is 14.4. The molecular formula is C28H37F2N5O4. The van der Waals surface area contributed by atoms with E-state index in [1.54, 1.807) is 15.8 Å². The van der Waals surface area contributed by atoms with Gasteiger partial charge in [-0.3, -0.25) is 9.48 Å². The summed E-state index contributed by atoms with van der Waals surface area (Å²) in [4.78, 5) is 30.3. The number of ether oxygens (including phenoxy) is 1. The van der Waals surface area contributed by atoms with Crippen LogP contribution in [0.1, 0.15) is 78.7 Å². The first-order valence-electron chi connectivity index (χ1n) is 14.0. The standard InChI is InChI=1S/C28H37F2N5O4/c1-18-3-2-13-31-25(18)39-21-6-4-19(5-7-21)9-16-35-23-8-12-28(29,30)17-22(23)24(33-35)26(36)34-14-10-20(11-15-34)32-27(37)38/h2-3,13,19-21,32H,4-12,14-17H2,1H3,(H,37,38). The second kappa shape index (κ2) is 11.5. The zero-order chi connectivity index (χ0) is 27.6. The Bertz CT molecular complexity index is 1190. The number of carbonyl (C=O) groups is 2. The van der Waals surface area contributed by atoms with E-state index in [1.165, 1.54) is 0 Å². The minimum atomic E-state index is -2.85. The summed E-state index contributed by atoms with van der Waals surface area (Å²) in [5.41, 5.74) is 2.30. The fourth-order valence-corrected chi connectivity index (χ4v) is 6.15. The van der Waals surface area contributed by atoms with Crippen molar-refractivity contribution in [3.05, 3.63) is 40.8 Å². The Balaban J connectivity index is 1.21. The van der Waals surface area contributed by atoms with Crippen LogP contribution in [0.4, 0.5) is 13.6 Å². The average molecular weight is 546 g/mol. The Labute approximate surface area is 226 Å². The molecule has 2 N–H and O–H groups in total. The summed E-state index contributed by atoms with van der Waals surface area (Å²) in [6.45, 7) is 3.32. The van der Waals surface area contributed by atoms with E-state index in [4.69, 9.17) is 9.84 Å². The number of hydrogen-bond acceptors (Lipinski definition) is 5. The molecular weight excluding hydrogens is 508 g/mol. The first-order valence-corrected chi connectivity index (χ1v) is 14.0. The monoisotopic (exact) mass is 545 g/mol. The Morgan fingerprint density at radius 2 is 1.92 bits per heavy atom. The number of fused-ring (bicyclic) bond motifs is 1. The summed E-state index contributed by atoms with van der Waals surface area (Å²) < 4.78 is 36.7. The molecule has 2 amide bonds. The van der Waals surface area contributed by atoms with E-state index in [1.807, 2.05) is 19.1 Å². The molecule has 1 saturated carbocycles. The van der Waals surface area contributed by atoms with Gasteiger partial charge in [-0.1, -0.05) is 6.07 Å². The molecule has 11 heteroatoms. The van der Waals surface area contributed by atoms with E-state index < -0.39 is 18.4 Å². The number of carboxylic acid groups (broad SMARTS) is 1. The lowest BCUT2D eigenvalue weighted by atomic mass is 9.85. The van der Waals surface area contributed by atoms with Crippen molar-refractivity contribution in [2.75, 3.05) is 13.1 Å². The largest absolute Gasteiger partial charge is 0.474 e. The number of piperidine rings is 1. The molecule has 0 unspecified atom stereocenters. The van der Waals surface area contributed by atoms with Crippen LogP contribution in [0.3, 0.4) is 0 Å². The van der Waals surface area contributed by atoms with Crippen LogP contribution in [0, 0.1) is 12.8 Å². The van der Waals surface area contributed by atoms with Gasteiger partial charge in [0.1, 0.15) is 6.10 Å². The number of alkyl halides is 2. The fourth-order valence-electron chi connectivity index (χ4n) is 6.15. The van der Waals surface area contributed by atoms with E-state index in [2.05, 4.69) is 15.4 Å². The highest BCUT2D eigenvalue weighted by Crippen LogP contribution is 2.36. The van der Waals surface area contributed by atoms with Gasteiger partial charge in [0.2, 0.25) is 5.88 Å². The van der Waals surface area contributed by atoms with Gasteiger partial charge in [0, 0.05) is 61.5 Å². The second-order valence-corrected chi connectivity index (χ2v) is 11.2. The number of carbonyl (C=O) groups excluding carboxylic acids is 1. The maximum Gasteiger partial charge on any atom is 0.404 e. The van der Waals surface area contributed by atoms with Crippen molar-refractivity contribution < 1.29 is 28.2 Å². The van der Waals surface area contributed by atoms with Gasteiger partial charge in [-0.15, -0.1) is 0 Å². The molecule has 1 saturated heterocycles. The minimum absolute atomic E-state index is 0.136. The number of nitrogens with zero attached hydrogens (tertiary/aromatic N) is 4. The van der Waals surface area contributed by atoms with E-state index in [-0.39, 0.29) is 36.6 Å². The molecule has 1 aliphatic heterocycles. The van der Waals surface area contributed by atoms with Gasteiger partial charge < -0.3 is 20.1 Å². The molecule has 2 aliphatic carbocycles. The molecule has 39 heavy (non-hydrogen) atoms. The van der Waals surface area contributed by atoms with Gasteiger partial charge in [-0.05, 0) is 70.3 Å². The van der Waals surface area contributed by atoms with Crippen LogP contribution in [0.2, 0.25) is 0 Å². The molecule has 0 aromatic carbocycles. The van der Waals surface area contributed by atoms with Crippen molar-refractivity contribution in [3.63, 3.8) is 0 Å². The van der Waals surface area contributed by atoms with Crippen LogP contribution >= 0.6 is 0 Å². The van der Waals surface area contributed by atoms with E-state index in [0.29, 0.717) is 49.8 Å². The van der Waals surface area contributed by atoms with Crippen molar-refractivity contribution in [2.45, 2.75) is 95.7 Å². The normalized spacial score (nSPS) is 23.2. The number of nitrogens with one attached hydrogen (secondary N) is 1. The molecule has 0 bridgehead atoms. The molecule has 3 heterocycles. The lowest BCUT2D eigenvalue weighted by Gasteiger charge is -2.31. The third kappa shape index (κ3) is 6.50.